The smallest absolute Gasteiger partial charge is 0.335 e. The highest BCUT2D eigenvalue weighted by Gasteiger charge is 2.13. The first-order valence-electron chi connectivity index (χ1n) is 6.34. The highest BCUT2D eigenvalue weighted by atomic mass is 79.9. The Bertz CT molecular complexity index is 665. The molecule has 0 aliphatic heterocycles. The summed E-state index contributed by atoms with van der Waals surface area (Å²) in [5.74, 6) is -0.461. The van der Waals surface area contributed by atoms with Crippen molar-refractivity contribution < 1.29 is 14.6 Å². The number of pyridine rings is 1. The van der Waals surface area contributed by atoms with E-state index in [0.29, 0.717) is 11.4 Å². The van der Waals surface area contributed by atoms with Crippen LogP contribution in [0.3, 0.4) is 0 Å². The molecule has 0 aliphatic carbocycles. The van der Waals surface area contributed by atoms with Crippen molar-refractivity contribution in [2.24, 2.45) is 0 Å². The zero-order chi connectivity index (χ0) is 15.2. The predicted octanol–water partition coefficient (Wildman–Crippen LogP) is 3.91. The van der Waals surface area contributed by atoms with Gasteiger partial charge >= 0.3 is 5.97 Å². The molecule has 1 N–H and O–H groups in total. The highest BCUT2D eigenvalue weighted by Crippen LogP contribution is 2.21. The maximum atomic E-state index is 11.3. The number of hydrogen-bond donors (Lipinski definition) is 1. The van der Waals surface area contributed by atoms with Crippen molar-refractivity contribution in [2.75, 3.05) is 0 Å². The molecule has 0 atom stereocenters. The van der Waals surface area contributed by atoms with Crippen LogP contribution < -0.4 is 4.74 Å². The average Bonchev–Trinajstić information content (AvgIpc) is 2.48. The average molecular weight is 348 g/mol. The van der Waals surface area contributed by atoms with Gasteiger partial charge in [-0.25, -0.2) is 9.78 Å². The number of carboxylic acid groups (broad SMARTS) is 1. The van der Waals surface area contributed by atoms with Gasteiger partial charge in [-0.15, -0.1) is 0 Å². The number of allylic oxidation sites excluding steroid dienone is 1. The van der Waals surface area contributed by atoms with E-state index in [-0.39, 0.29) is 12.2 Å². The van der Waals surface area contributed by atoms with Crippen LogP contribution in [0.1, 0.15) is 18.1 Å². The largest absolute Gasteiger partial charge is 0.478 e. The van der Waals surface area contributed by atoms with Gasteiger partial charge < -0.3 is 9.84 Å². The summed E-state index contributed by atoms with van der Waals surface area (Å²) in [5.41, 5.74) is 1.72. The molecule has 0 radical (unpaired) electrons. The predicted molar refractivity (Wildman–Crippen MR) is 84.0 cm³/mol. The molecular formula is C16H14BrNO3. The van der Waals surface area contributed by atoms with Gasteiger partial charge in [-0.1, -0.05) is 30.3 Å². The minimum absolute atomic E-state index is 0.259. The summed E-state index contributed by atoms with van der Waals surface area (Å²) < 4.78 is 6.48. The van der Waals surface area contributed by atoms with Crippen molar-refractivity contribution in [2.45, 2.75) is 13.5 Å². The van der Waals surface area contributed by atoms with Crippen LogP contribution in [-0.2, 0) is 11.4 Å². The van der Waals surface area contributed by atoms with Crippen molar-refractivity contribution in [3.63, 3.8) is 0 Å². The van der Waals surface area contributed by atoms with Crippen LogP contribution in [0, 0.1) is 0 Å². The second kappa shape index (κ2) is 7.04. The third kappa shape index (κ3) is 3.92. The van der Waals surface area contributed by atoms with E-state index in [9.17, 15) is 9.90 Å². The van der Waals surface area contributed by atoms with Crippen molar-refractivity contribution in [3.8, 4) is 5.88 Å². The van der Waals surface area contributed by atoms with Crippen LogP contribution >= 0.6 is 15.9 Å². The molecular weight excluding hydrogens is 334 g/mol. The van der Waals surface area contributed by atoms with Crippen molar-refractivity contribution in [3.05, 3.63) is 64.3 Å². The van der Waals surface area contributed by atoms with E-state index in [1.54, 1.807) is 31.3 Å². The van der Waals surface area contributed by atoms with E-state index in [2.05, 4.69) is 20.9 Å². The standard InChI is InChI=1S/C16H14BrNO3/c1-2-13(16(19)20)14-6-4-3-5-11(14)10-21-15-8-7-12(17)9-18-15/h2-9H,10H2,1H3,(H,19,20). The number of nitrogens with zero attached hydrogens (tertiary/aromatic N) is 1. The topological polar surface area (TPSA) is 59.4 Å². The Labute approximate surface area is 131 Å². The Morgan fingerprint density at radius 3 is 2.71 bits per heavy atom. The van der Waals surface area contributed by atoms with Crippen LogP contribution in [0.15, 0.2) is 53.1 Å². The summed E-state index contributed by atoms with van der Waals surface area (Å²) in [6, 6.07) is 10.9. The maximum Gasteiger partial charge on any atom is 0.335 e. The molecule has 0 saturated carbocycles. The van der Waals surface area contributed by atoms with E-state index in [4.69, 9.17) is 4.74 Å². The van der Waals surface area contributed by atoms with Crippen LogP contribution in [0.4, 0.5) is 0 Å². The fourth-order valence-corrected chi connectivity index (χ4v) is 2.14. The molecule has 0 aliphatic rings. The monoisotopic (exact) mass is 347 g/mol. The molecule has 1 aromatic carbocycles. The SMILES string of the molecule is CC=C(C(=O)O)c1ccccc1COc1ccc(Br)cn1. The van der Waals surface area contributed by atoms with Gasteiger partial charge in [-0.3, -0.25) is 0 Å². The zero-order valence-electron chi connectivity index (χ0n) is 11.4. The Morgan fingerprint density at radius 1 is 1.33 bits per heavy atom. The van der Waals surface area contributed by atoms with Gasteiger partial charge in [0.25, 0.3) is 0 Å². The van der Waals surface area contributed by atoms with Gasteiger partial charge in [0.2, 0.25) is 5.88 Å². The summed E-state index contributed by atoms with van der Waals surface area (Å²) in [5, 5.41) is 9.24. The fraction of sp³-hybridized carbons (Fsp3) is 0.125. The van der Waals surface area contributed by atoms with Crippen LogP contribution in [-0.4, -0.2) is 16.1 Å². The van der Waals surface area contributed by atoms with Crippen LogP contribution in [0.25, 0.3) is 5.57 Å². The van der Waals surface area contributed by atoms with Gasteiger partial charge in [0.15, 0.2) is 0 Å². The van der Waals surface area contributed by atoms with Gasteiger partial charge in [0.05, 0.1) is 5.57 Å². The summed E-state index contributed by atoms with van der Waals surface area (Å²) in [6.45, 7) is 1.97. The lowest BCUT2D eigenvalue weighted by molar-refractivity contribution is -0.130. The van der Waals surface area contributed by atoms with E-state index >= 15 is 0 Å². The number of halogens is 1. The number of aromatic nitrogens is 1. The lowest BCUT2D eigenvalue weighted by Gasteiger charge is -2.11. The lowest BCUT2D eigenvalue weighted by atomic mass is 10.00. The molecule has 0 bridgehead atoms. The number of aliphatic carboxylic acids is 1. The first-order valence-corrected chi connectivity index (χ1v) is 7.13. The third-order valence-corrected chi connectivity index (χ3v) is 3.37. The number of ether oxygens (including phenoxy) is 1. The Hall–Kier alpha value is -2.14. The molecule has 1 heterocycles. The molecule has 1 aromatic heterocycles. The number of benzene rings is 1. The Balaban J connectivity index is 2.21. The molecule has 0 amide bonds. The van der Waals surface area contributed by atoms with Gasteiger partial charge in [0.1, 0.15) is 6.61 Å². The van der Waals surface area contributed by atoms with Crippen molar-refractivity contribution >= 4 is 27.5 Å². The molecule has 21 heavy (non-hydrogen) atoms. The van der Waals surface area contributed by atoms with Gasteiger partial charge in [-0.2, -0.15) is 0 Å². The molecule has 0 spiro atoms. The molecule has 2 rings (SSSR count). The molecule has 4 nitrogen and oxygen atoms in total. The molecule has 0 fully saturated rings. The minimum atomic E-state index is -0.952. The molecule has 108 valence electrons. The molecule has 2 aromatic rings. The van der Waals surface area contributed by atoms with Gasteiger partial charge in [0, 0.05) is 16.7 Å². The Morgan fingerprint density at radius 2 is 2.10 bits per heavy atom. The van der Waals surface area contributed by atoms with E-state index in [1.165, 1.54) is 0 Å². The van der Waals surface area contributed by atoms with Crippen molar-refractivity contribution in [1.82, 2.24) is 4.98 Å². The molecule has 0 unspecified atom stereocenters. The summed E-state index contributed by atoms with van der Waals surface area (Å²) in [7, 11) is 0. The number of rotatable bonds is 5. The van der Waals surface area contributed by atoms with Gasteiger partial charge in [-0.05, 0) is 40.0 Å². The summed E-state index contributed by atoms with van der Waals surface area (Å²) in [6.07, 6.45) is 3.23. The Kier molecular flexibility index (Phi) is 5.11. The lowest BCUT2D eigenvalue weighted by Crippen LogP contribution is -2.05. The molecule has 0 saturated heterocycles. The summed E-state index contributed by atoms with van der Waals surface area (Å²) in [4.78, 5) is 15.4. The number of carbonyl (C=O) groups is 1. The number of carboxylic acids is 1. The normalized spacial score (nSPS) is 11.2. The maximum absolute atomic E-state index is 11.3. The van der Waals surface area contributed by atoms with Crippen LogP contribution in [0.5, 0.6) is 5.88 Å². The second-order valence-electron chi connectivity index (χ2n) is 4.27. The first kappa shape index (κ1) is 15.3. The van der Waals surface area contributed by atoms with E-state index in [0.717, 1.165) is 10.0 Å². The van der Waals surface area contributed by atoms with Crippen LogP contribution in [0.2, 0.25) is 0 Å². The third-order valence-electron chi connectivity index (χ3n) is 2.90. The highest BCUT2D eigenvalue weighted by molar-refractivity contribution is 9.10. The van der Waals surface area contributed by atoms with Crippen molar-refractivity contribution in [1.29, 1.82) is 0 Å². The molecule has 5 heteroatoms. The quantitative estimate of drug-likeness (QED) is 0.833. The fourth-order valence-electron chi connectivity index (χ4n) is 1.90. The first-order chi connectivity index (χ1) is 10.1. The minimum Gasteiger partial charge on any atom is -0.478 e. The number of hydrogen-bond acceptors (Lipinski definition) is 3. The van der Waals surface area contributed by atoms with E-state index in [1.807, 2.05) is 24.3 Å². The zero-order valence-corrected chi connectivity index (χ0v) is 13.0. The summed E-state index contributed by atoms with van der Waals surface area (Å²) >= 11 is 3.31. The second-order valence-corrected chi connectivity index (χ2v) is 5.18. The van der Waals surface area contributed by atoms with E-state index < -0.39 is 5.97 Å².